The Kier molecular flexibility index (Phi) is 3.96. The zero-order chi connectivity index (χ0) is 9.68. The molecule has 13 heavy (non-hydrogen) atoms. The maximum absolute atomic E-state index is 3.89. The number of rotatable bonds is 0. The molecule has 2 rings (SSSR count). The minimum atomic E-state index is 1.05. The zero-order valence-corrected chi connectivity index (χ0v) is 8.80. The first kappa shape index (κ1) is 10.3. The molecule has 0 saturated carbocycles. The lowest BCUT2D eigenvalue weighted by Crippen LogP contribution is -2.10. The van der Waals surface area contributed by atoms with Crippen LogP contribution >= 0.6 is 0 Å². The van der Waals surface area contributed by atoms with Crippen LogP contribution < -0.4 is 0 Å². The third kappa shape index (κ3) is 4.08. The van der Waals surface area contributed by atoms with Crippen molar-refractivity contribution in [1.29, 1.82) is 0 Å². The summed E-state index contributed by atoms with van der Waals surface area (Å²) in [4.78, 5) is 2.36. The second-order valence-corrected chi connectivity index (χ2v) is 3.70. The predicted molar refractivity (Wildman–Crippen MR) is 54.8 cm³/mol. The van der Waals surface area contributed by atoms with Crippen LogP contribution in [0.2, 0.25) is 0 Å². The molecule has 3 nitrogen and oxygen atoms in total. The number of hydrogen-bond donors (Lipinski definition) is 1. The van der Waals surface area contributed by atoms with Crippen LogP contribution in [0.15, 0.2) is 6.07 Å². The van der Waals surface area contributed by atoms with Gasteiger partial charge in [-0.25, -0.2) is 0 Å². The lowest BCUT2D eigenvalue weighted by atomic mass is 10.4. The van der Waals surface area contributed by atoms with Crippen molar-refractivity contribution in [2.75, 3.05) is 20.1 Å². The lowest BCUT2D eigenvalue weighted by molar-refractivity contribution is 0.418. The summed E-state index contributed by atoms with van der Waals surface area (Å²) in [5.41, 5.74) is 2.18. The van der Waals surface area contributed by atoms with Gasteiger partial charge in [0.2, 0.25) is 0 Å². The smallest absolute Gasteiger partial charge is 0.0593 e. The van der Waals surface area contributed by atoms with E-state index in [1.54, 1.807) is 0 Å². The monoisotopic (exact) mass is 181 g/mol. The number of nitrogens with one attached hydrogen (secondary N) is 1. The van der Waals surface area contributed by atoms with E-state index in [1.807, 2.05) is 19.9 Å². The van der Waals surface area contributed by atoms with Gasteiger partial charge in [0, 0.05) is 5.69 Å². The number of hydrogen-bond acceptors (Lipinski definition) is 2. The molecule has 2 heterocycles. The summed E-state index contributed by atoms with van der Waals surface area (Å²) < 4.78 is 0. The molecule has 0 atom stereocenters. The van der Waals surface area contributed by atoms with Gasteiger partial charge in [-0.05, 0) is 52.9 Å². The van der Waals surface area contributed by atoms with Gasteiger partial charge in [-0.15, -0.1) is 0 Å². The normalized spacial score (nSPS) is 16.8. The summed E-state index contributed by atoms with van der Waals surface area (Å²) >= 11 is 0. The number of aromatic nitrogens is 2. The molecule has 0 unspecified atom stereocenters. The highest BCUT2D eigenvalue weighted by atomic mass is 15.1. The van der Waals surface area contributed by atoms with Crippen molar-refractivity contribution in [3.8, 4) is 0 Å². The quantitative estimate of drug-likeness (QED) is 0.661. The van der Waals surface area contributed by atoms with Crippen molar-refractivity contribution >= 4 is 0 Å². The Bertz CT molecular complexity index is 220. The Morgan fingerprint density at radius 1 is 1.31 bits per heavy atom. The molecule has 1 aromatic heterocycles. The van der Waals surface area contributed by atoms with Crippen molar-refractivity contribution in [3.05, 3.63) is 17.5 Å². The predicted octanol–water partition coefficient (Wildman–Crippen LogP) is 1.74. The SMILES string of the molecule is CN1CCCC1.Cc1cc(C)[nH]n1. The van der Waals surface area contributed by atoms with Crippen LogP contribution in [0.4, 0.5) is 0 Å². The van der Waals surface area contributed by atoms with E-state index in [0.717, 1.165) is 11.4 Å². The molecule has 1 aliphatic heterocycles. The average Bonchev–Trinajstić information content (AvgIpc) is 2.64. The molecule has 0 spiro atoms. The van der Waals surface area contributed by atoms with E-state index in [1.165, 1.54) is 25.9 Å². The molecule has 1 aliphatic rings. The van der Waals surface area contributed by atoms with Gasteiger partial charge in [0.15, 0.2) is 0 Å². The Balaban J connectivity index is 0.000000132. The first-order valence-electron chi connectivity index (χ1n) is 4.85. The van der Waals surface area contributed by atoms with Gasteiger partial charge in [0.05, 0.1) is 5.69 Å². The van der Waals surface area contributed by atoms with Gasteiger partial charge in [-0.3, -0.25) is 5.10 Å². The first-order chi connectivity index (χ1) is 6.18. The van der Waals surface area contributed by atoms with Crippen LogP contribution in [0.25, 0.3) is 0 Å². The molecule has 1 saturated heterocycles. The van der Waals surface area contributed by atoms with Crippen molar-refractivity contribution in [2.24, 2.45) is 0 Å². The van der Waals surface area contributed by atoms with Crippen molar-refractivity contribution in [1.82, 2.24) is 15.1 Å². The average molecular weight is 181 g/mol. The fraction of sp³-hybridized carbons (Fsp3) is 0.700. The standard InChI is InChI=1S/C5H8N2.C5H11N/c1-4-3-5(2)7-6-4;1-6-4-2-3-5-6/h3H,1-2H3,(H,6,7);2-5H2,1H3. The van der Waals surface area contributed by atoms with E-state index in [4.69, 9.17) is 0 Å². The number of aryl methyl sites for hydroxylation is 2. The van der Waals surface area contributed by atoms with E-state index >= 15 is 0 Å². The minimum Gasteiger partial charge on any atom is -0.306 e. The Morgan fingerprint density at radius 2 is 1.92 bits per heavy atom. The van der Waals surface area contributed by atoms with E-state index in [-0.39, 0.29) is 0 Å². The Labute approximate surface area is 80.1 Å². The van der Waals surface area contributed by atoms with Crippen molar-refractivity contribution in [3.63, 3.8) is 0 Å². The second kappa shape index (κ2) is 5.02. The molecule has 0 aromatic carbocycles. The fourth-order valence-corrected chi connectivity index (χ4v) is 1.43. The highest BCUT2D eigenvalue weighted by Crippen LogP contribution is 2.02. The maximum atomic E-state index is 3.89. The number of nitrogens with zero attached hydrogens (tertiary/aromatic N) is 2. The van der Waals surface area contributed by atoms with Crippen LogP contribution in [0.5, 0.6) is 0 Å². The van der Waals surface area contributed by atoms with Gasteiger partial charge >= 0.3 is 0 Å². The summed E-state index contributed by atoms with van der Waals surface area (Å²) in [6.45, 7) is 6.59. The summed E-state index contributed by atoms with van der Waals surface area (Å²) in [6, 6.07) is 2.00. The molecule has 0 bridgehead atoms. The van der Waals surface area contributed by atoms with E-state index in [9.17, 15) is 0 Å². The maximum Gasteiger partial charge on any atom is 0.0593 e. The number of likely N-dealkylation sites (tertiary alicyclic amines) is 1. The summed E-state index contributed by atoms with van der Waals surface area (Å²) in [6.07, 6.45) is 2.83. The van der Waals surface area contributed by atoms with E-state index < -0.39 is 0 Å². The summed E-state index contributed by atoms with van der Waals surface area (Å²) in [5, 5.41) is 6.71. The number of H-pyrrole nitrogens is 1. The van der Waals surface area contributed by atoms with Crippen LogP contribution in [0.3, 0.4) is 0 Å². The second-order valence-electron chi connectivity index (χ2n) is 3.70. The van der Waals surface area contributed by atoms with Gasteiger partial charge < -0.3 is 4.90 Å². The highest BCUT2D eigenvalue weighted by molar-refractivity contribution is 5.03. The fourth-order valence-electron chi connectivity index (χ4n) is 1.43. The van der Waals surface area contributed by atoms with Gasteiger partial charge in [-0.1, -0.05) is 0 Å². The molecular formula is C10H19N3. The topological polar surface area (TPSA) is 31.9 Å². The van der Waals surface area contributed by atoms with E-state index in [2.05, 4.69) is 22.1 Å². The molecule has 1 fully saturated rings. The minimum absolute atomic E-state index is 1.05. The van der Waals surface area contributed by atoms with Crippen LogP contribution in [0.1, 0.15) is 24.2 Å². The first-order valence-corrected chi connectivity index (χ1v) is 4.85. The number of aromatic amines is 1. The molecule has 0 aliphatic carbocycles. The Morgan fingerprint density at radius 3 is 2.08 bits per heavy atom. The summed E-state index contributed by atoms with van der Waals surface area (Å²) in [7, 11) is 2.17. The van der Waals surface area contributed by atoms with Gasteiger partial charge in [-0.2, -0.15) is 5.10 Å². The molecule has 1 N–H and O–H groups in total. The van der Waals surface area contributed by atoms with E-state index in [0.29, 0.717) is 0 Å². The molecule has 0 amide bonds. The third-order valence-electron chi connectivity index (χ3n) is 2.16. The van der Waals surface area contributed by atoms with Crippen molar-refractivity contribution < 1.29 is 0 Å². The lowest BCUT2D eigenvalue weighted by Gasteiger charge is -2.01. The molecular weight excluding hydrogens is 162 g/mol. The molecule has 3 heteroatoms. The highest BCUT2D eigenvalue weighted by Gasteiger charge is 2.03. The van der Waals surface area contributed by atoms with Crippen LogP contribution in [-0.4, -0.2) is 35.2 Å². The summed E-state index contributed by atoms with van der Waals surface area (Å²) in [5.74, 6) is 0. The van der Waals surface area contributed by atoms with Crippen LogP contribution in [0, 0.1) is 13.8 Å². The Hall–Kier alpha value is -0.830. The molecule has 74 valence electrons. The van der Waals surface area contributed by atoms with Gasteiger partial charge in [0.1, 0.15) is 0 Å². The largest absolute Gasteiger partial charge is 0.306 e. The zero-order valence-electron chi connectivity index (χ0n) is 8.80. The van der Waals surface area contributed by atoms with Crippen molar-refractivity contribution in [2.45, 2.75) is 26.7 Å². The van der Waals surface area contributed by atoms with Gasteiger partial charge in [0.25, 0.3) is 0 Å². The molecule has 1 aromatic rings. The van der Waals surface area contributed by atoms with Crippen LogP contribution in [-0.2, 0) is 0 Å². The molecule has 0 radical (unpaired) electrons. The third-order valence-corrected chi connectivity index (χ3v) is 2.16.